The number of furan rings is 1. The Morgan fingerprint density at radius 3 is 2.39 bits per heavy atom. The van der Waals surface area contributed by atoms with Crippen molar-refractivity contribution in [2.75, 3.05) is 10.6 Å². The van der Waals surface area contributed by atoms with Gasteiger partial charge in [0.25, 0.3) is 5.91 Å². The zero-order valence-electron chi connectivity index (χ0n) is 19.6. The molecule has 5 nitrogen and oxygen atoms in total. The molecule has 6 heteroatoms. The van der Waals surface area contributed by atoms with Crippen LogP contribution in [0.1, 0.15) is 69.1 Å². The minimum atomic E-state index is -0.259. The second-order valence-electron chi connectivity index (χ2n) is 8.57. The first-order valence-electron chi connectivity index (χ1n) is 11.1. The standard InChI is InChI=1S/C27H29N3O2S/c1-16(2)20-8-10-21(11-9-20)25(29-23-15-17(3)12-13-28-23)24-18(4)19(5)33-27(24)30-26(31)22-7-6-14-32-22/h6-16,25H,1-5H3,(H,28,29)(H,30,31). The van der Waals surface area contributed by atoms with Gasteiger partial charge in [-0.15, -0.1) is 11.3 Å². The number of thiophene rings is 1. The predicted octanol–water partition coefficient (Wildman–Crippen LogP) is 7.24. The first-order valence-corrected chi connectivity index (χ1v) is 11.9. The van der Waals surface area contributed by atoms with Crippen molar-refractivity contribution in [3.8, 4) is 0 Å². The lowest BCUT2D eigenvalue weighted by atomic mass is 9.93. The molecule has 0 saturated heterocycles. The molecule has 0 aliphatic carbocycles. The Kier molecular flexibility index (Phi) is 6.65. The van der Waals surface area contributed by atoms with Crippen molar-refractivity contribution in [3.05, 3.63) is 99.4 Å². The summed E-state index contributed by atoms with van der Waals surface area (Å²) < 4.78 is 5.30. The summed E-state index contributed by atoms with van der Waals surface area (Å²) in [5, 5.41) is 7.51. The van der Waals surface area contributed by atoms with Crippen LogP contribution in [0, 0.1) is 20.8 Å². The number of carbonyl (C=O) groups is 1. The van der Waals surface area contributed by atoms with E-state index < -0.39 is 0 Å². The molecule has 0 fully saturated rings. The molecule has 0 spiro atoms. The molecule has 2 N–H and O–H groups in total. The predicted molar refractivity (Wildman–Crippen MR) is 135 cm³/mol. The molecule has 3 aromatic heterocycles. The average molecular weight is 460 g/mol. The zero-order valence-corrected chi connectivity index (χ0v) is 20.4. The smallest absolute Gasteiger partial charge is 0.291 e. The van der Waals surface area contributed by atoms with Gasteiger partial charge in [-0.2, -0.15) is 0 Å². The minimum absolute atomic E-state index is 0.183. The minimum Gasteiger partial charge on any atom is -0.459 e. The van der Waals surface area contributed by atoms with Crippen molar-refractivity contribution in [1.29, 1.82) is 0 Å². The van der Waals surface area contributed by atoms with E-state index in [0.29, 0.717) is 5.92 Å². The second-order valence-corrected chi connectivity index (χ2v) is 9.80. The normalized spacial score (nSPS) is 12.1. The highest BCUT2D eigenvalue weighted by Gasteiger charge is 2.26. The fourth-order valence-electron chi connectivity index (χ4n) is 3.82. The lowest BCUT2D eigenvalue weighted by Crippen LogP contribution is -2.18. The number of benzene rings is 1. The second kappa shape index (κ2) is 9.63. The van der Waals surface area contributed by atoms with Crippen LogP contribution in [0.5, 0.6) is 0 Å². The van der Waals surface area contributed by atoms with Gasteiger partial charge >= 0.3 is 0 Å². The van der Waals surface area contributed by atoms with Crippen LogP contribution < -0.4 is 10.6 Å². The summed E-state index contributed by atoms with van der Waals surface area (Å²) in [4.78, 5) is 18.5. The van der Waals surface area contributed by atoms with E-state index in [2.05, 4.69) is 67.6 Å². The average Bonchev–Trinajstić information content (AvgIpc) is 3.42. The third-order valence-corrected chi connectivity index (χ3v) is 6.98. The summed E-state index contributed by atoms with van der Waals surface area (Å²) >= 11 is 1.58. The maximum Gasteiger partial charge on any atom is 0.291 e. The van der Waals surface area contributed by atoms with Crippen molar-refractivity contribution >= 4 is 28.1 Å². The van der Waals surface area contributed by atoms with Crippen LogP contribution >= 0.6 is 11.3 Å². The molecule has 170 valence electrons. The van der Waals surface area contributed by atoms with E-state index in [9.17, 15) is 4.79 Å². The number of pyridine rings is 1. The van der Waals surface area contributed by atoms with E-state index in [1.807, 2.05) is 25.3 Å². The fourth-order valence-corrected chi connectivity index (χ4v) is 4.91. The fraction of sp³-hybridized carbons (Fsp3) is 0.259. The molecule has 1 aromatic carbocycles. The molecule has 1 atom stereocenters. The van der Waals surface area contributed by atoms with Gasteiger partial charge in [0.2, 0.25) is 0 Å². The molecule has 33 heavy (non-hydrogen) atoms. The first-order chi connectivity index (χ1) is 15.8. The van der Waals surface area contributed by atoms with Crippen LogP contribution in [-0.2, 0) is 0 Å². The Morgan fingerprint density at radius 2 is 1.76 bits per heavy atom. The van der Waals surface area contributed by atoms with Crippen molar-refractivity contribution < 1.29 is 9.21 Å². The number of aryl methyl sites for hydroxylation is 2. The third-order valence-electron chi connectivity index (χ3n) is 5.84. The summed E-state index contributed by atoms with van der Waals surface area (Å²) in [7, 11) is 0. The molecule has 0 bridgehead atoms. The molecule has 3 heterocycles. The SMILES string of the molecule is Cc1ccnc(NC(c2ccc(C(C)C)cc2)c2c(NC(=O)c3ccco3)sc(C)c2C)c1. The molecule has 1 amide bonds. The van der Waals surface area contributed by atoms with Crippen LogP contribution in [0.4, 0.5) is 10.8 Å². The van der Waals surface area contributed by atoms with Crippen molar-refractivity contribution in [2.45, 2.75) is 46.6 Å². The van der Waals surface area contributed by atoms with Crippen LogP contribution in [-0.4, -0.2) is 10.9 Å². The summed E-state index contributed by atoms with van der Waals surface area (Å²) in [6, 6.07) is 15.9. The maximum atomic E-state index is 12.8. The van der Waals surface area contributed by atoms with E-state index in [4.69, 9.17) is 4.42 Å². The van der Waals surface area contributed by atoms with Gasteiger partial charge in [-0.1, -0.05) is 38.1 Å². The zero-order chi connectivity index (χ0) is 23.5. The Morgan fingerprint density at radius 1 is 1.03 bits per heavy atom. The Labute approximate surface area is 198 Å². The molecule has 0 aliphatic heterocycles. The van der Waals surface area contributed by atoms with Crippen molar-refractivity contribution in [2.24, 2.45) is 0 Å². The largest absolute Gasteiger partial charge is 0.459 e. The summed E-state index contributed by atoms with van der Waals surface area (Å²) in [6.45, 7) is 10.6. The first kappa shape index (κ1) is 22.8. The van der Waals surface area contributed by atoms with Gasteiger partial charge < -0.3 is 15.1 Å². The van der Waals surface area contributed by atoms with Gasteiger partial charge in [-0.25, -0.2) is 4.98 Å². The number of amides is 1. The van der Waals surface area contributed by atoms with Gasteiger partial charge in [0.05, 0.1) is 12.3 Å². The van der Waals surface area contributed by atoms with E-state index in [-0.39, 0.29) is 17.7 Å². The Balaban J connectivity index is 1.78. The van der Waals surface area contributed by atoms with Crippen molar-refractivity contribution in [1.82, 2.24) is 4.98 Å². The topological polar surface area (TPSA) is 67.2 Å². The Bertz CT molecular complexity index is 1240. The van der Waals surface area contributed by atoms with Crippen LogP contribution in [0.2, 0.25) is 0 Å². The molecular weight excluding hydrogens is 430 g/mol. The van der Waals surface area contributed by atoms with Gasteiger partial charge in [0.15, 0.2) is 5.76 Å². The van der Waals surface area contributed by atoms with Gasteiger partial charge in [0.1, 0.15) is 10.8 Å². The van der Waals surface area contributed by atoms with Crippen LogP contribution in [0.15, 0.2) is 65.4 Å². The summed E-state index contributed by atoms with van der Waals surface area (Å²) in [5.74, 6) is 1.28. The number of anilines is 2. The highest BCUT2D eigenvalue weighted by Crippen LogP contribution is 2.41. The lowest BCUT2D eigenvalue weighted by Gasteiger charge is -2.23. The summed E-state index contributed by atoms with van der Waals surface area (Å²) in [5.41, 5.74) is 5.71. The van der Waals surface area contributed by atoms with E-state index in [1.165, 1.54) is 11.8 Å². The number of carbonyl (C=O) groups excluding carboxylic acids is 1. The maximum absolute atomic E-state index is 12.8. The van der Waals surface area contributed by atoms with Crippen LogP contribution in [0.25, 0.3) is 0 Å². The van der Waals surface area contributed by atoms with E-state index >= 15 is 0 Å². The molecule has 0 saturated carbocycles. The molecule has 4 aromatic rings. The number of rotatable bonds is 7. The van der Waals surface area contributed by atoms with Gasteiger partial charge in [-0.3, -0.25) is 4.79 Å². The number of aromatic nitrogens is 1. The van der Waals surface area contributed by atoms with E-state index in [0.717, 1.165) is 37.9 Å². The number of nitrogens with one attached hydrogen (secondary N) is 2. The third kappa shape index (κ3) is 5.01. The quantitative estimate of drug-likeness (QED) is 0.306. The molecule has 0 aliphatic rings. The van der Waals surface area contributed by atoms with Gasteiger partial charge in [-0.05, 0) is 73.2 Å². The monoisotopic (exact) mass is 459 g/mol. The highest BCUT2D eigenvalue weighted by atomic mass is 32.1. The molecule has 0 radical (unpaired) electrons. The Hall–Kier alpha value is -3.38. The van der Waals surface area contributed by atoms with E-state index in [1.54, 1.807) is 23.5 Å². The number of nitrogens with zero attached hydrogens (tertiary/aromatic N) is 1. The number of hydrogen-bond donors (Lipinski definition) is 2. The number of hydrogen-bond acceptors (Lipinski definition) is 5. The molecular formula is C27H29N3O2S. The van der Waals surface area contributed by atoms with Gasteiger partial charge in [0, 0.05) is 16.6 Å². The highest BCUT2D eigenvalue weighted by molar-refractivity contribution is 7.16. The lowest BCUT2D eigenvalue weighted by molar-refractivity contribution is 0.0997. The van der Waals surface area contributed by atoms with Crippen LogP contribution in [0.3, 0.4) is 0 Å². The molecule has 1 unspecified atom stereocenters. The van der Waals surface area contributed by atoms with Crippen molar-refractivity contribution in [3.63, 3.8) is 0 Å². The summed E-state index contributed by atoms with van der Waals surface area (Å²) in [6.07, 6.45) is 3.31. The molecule has 4 rings (SSSR count).